The smallest absolute Gasteiger partial charge is 0.274 e. The van der Waals surface area contributed by atoms with Gasteiger partial charge in [-0.1, -0.05) is 47.7 Å². The molecule has 0 saturated carbocycles. The molecule has 0 N–H and O–H groups in total. The molecule has 32 heavy (non-hydrogen) atoms. The van der Waals surface area contributed by atoms with Gasteiger partial charge in [-0.25, -0.2) is 9.38 Å². The van der Waals surface area contributed by atoms with E-state index in [-0.39, 0.29) is 12.2 Å². The Balaban J connectivity index is 1.48. The summed E-state index contributed by atoms with van der Waals surface area (Å²) in [5, 5.41) is 9.25. The molecule has 0 spiro atoms. The Labute approximate surface area is 187 Å². The number of rotatable bonds is 5. The zero-order valence-electron chi connectivity index (χ0n) is 17.1. The standard InChI is InChI=1S/C25H17N3O3S/c1-30-22-12-16(10-11-21(22)31-15-18-7-3-2-6-17(18)14-26)13-23-24(29)28-20-9-5-4-8-19(20)27-25(28)32-23/h2-13H,15H2,1H3/b23-13+. The van der Waals surface area contributed by atoms with Gasteiger partial charge < -0.3 is 9.47 Å². The molecule has 2 aromatic heterocycles. The topological polar surface area (TPSA) is 76.6 Å². The van der Waals surface area contributed by atoms with Crippen molar-refractivity contribution in [3.8, 4) is 17.6 Å². The predicted molar refractivity (Wildman–Crippen MR) is 124 cm³/mol. The van der Waals surface area contributed by atoms with Gasteiger partial charge in [0.25, 0.3) is 5.56 Å². The van der Waals surface area contributed by atoms with E-state index < -0.39 is 0 Å². The molecule has 6 nitrogen and oxygen atoms in total. The average Bonchev–Trinajstić information content (AvgIpc) is 3.34. The largest absolute Gasteiger partial charge is 0.493 e. The van der Waals surface area contributed by atoms with E-state index in [0.29, 0.717) is 26.6 Å². The van der Waals surface area contributed by atoms with Crippen LogP contribution in [0.5, 0.6) is 11.5 Å². The van der Waals surface area contributed by atoms with Crippen molar-refractivity contribution in [3.05, 3.63) is 98.3 Å². The number of fused-ring (bicyclic) bond motifs is 3. The number of benzene rings is 3. The Hall–Kier alpha value is -4.15. The minimum atomic E-state index is -0.0916. The molecule has 0 amide bonds. The van der Waals surface area contributed by atoms with Crippen molar-refractivity contribution in [1.82, 2.24) is 9.38 Å². The van der Waals surface area contributed by atoms with Gasteiger partial charge in [-0.05, 0) is 42.0 Å². The summed E-state index contributed by atoms with van der Waals surface area (Å²) >= 11 is 1.35. The van der Waals surface area contributed by atoms with E-state index in [2.05, 4.69) is 11.1 Å². The van der Waals surface area contributed by atoms with Crippen LogP contribution in [0.25, 0.3) is 22.1 Å². The van der Waals surface area contributed by atoms with Crippen LogP contribution in [-0.2, 0) is 6.61 Å². The fourth-order valence-corrected chi connectivity index (χ4v) is 4.55. The number of hydrogen-bond donors (Lipinski definition) is 0. The summed E-state index contributed by atoms with van der Waals surface area (Å²) in [6, 6.07) is 22.6. The van der Waals surface area contributed by atoms with Crippen molar-refractivity contribution in [2.75, 3.05) is 7.11 Å². The van der Waals surface area contributed by atoms with E-state index >= 15 is 0 Å². The highest BCUT2D eigenvalue weighted by atomic mass is 32.1. The third-order valence-electron chi connectivity index (χ3n) is 5.15. The lowest BCUT2D eigenvalue weighted by molar-refractivity contribution is 0.284. The Morgan fingerprint density at radius 3 is 2.75 bits per heavy atom. The SMILES string of the molecule is COc1cc(/C=c2/sc3nc4ccccc4n3c2=O)ccc1OCc1ccccc1C#N. The first kappa shape index (κ1) is 19.8. The van der Waals surface area contributed by atoms with E-state index in [1.165, 1.54) is 11.3 Å². The minimum Gasteiger partial charge on any atom is -0.493 e. The molecule has 0 radical (unpaired) electrons. The third-order valence-corrected chi connectivity index (χ3v) is 6.12. The number of methoxy groups -OCH3 is 1. The van der Waals surface area contributed by atoms with Crippen LogP contribution < -0.4 is 19.6 Å². The lowest BCUT2D eigenvalue weighted by atomic mass is 10.1. The number of imidazole rings is 1. The summed E-state index contributed by atoms with van der Waals surface area (Å²) in [5.41, 5.74) is 3.72. The zero-order chi connectivity index (χ0) is 22.1. The molecule has 2 heterocycles. The van der Waals surface area contributed by atoms with Crippen LogP contribution in [0.2, 0.25) is 0 Å². The molecule has 0 aliphatic carbocycles. The van der Waals surface area contributed by atoms with Gasteiger partial charge in [-0.15, -0.1) is 0 Å². The maximum atomic E-state index is 13.0. The molecule has 5 aromatic rings. The van der Waals surface area contributed by atoms with Gasteiger partial charge in [0.1, 0.15) is 6.61 Å². The van der Waals surface area contributed by atoms with Crippen molar-refractivity contribution in [2.24, 2.45) is 0 Å². The molecule has 0 aliphatic heterocycles. The number of ether oxygens (including phenoxy) is 2. The molecule has 3 aromatic carbocycles. The number of nitrogens with zero attached hydrogens (tertiary/aromatic N) is 3. The van der Waals surface area contributed by atoms with Crippen LogP contribution in [0.3, 0.4) is 0 Å². The fourth-order valence-electron chi connectivity index (χ4n) is 3.57. The quantitative estimate of drug-likeness (QED) is 0.415. The van der Waals surface area contributed by atoms with E-state index in [0.717, 1.165) is 22.2 Å². The predicted octanol–water partition coefficient (Wildman–Crippen LogP) is 3.92. The molecule has 7 heteroatoms. The van der Waals surface area contributed by atoms with Gasteiger partial charge in [0.15, 0.2) is 16.5 Å². The molecule has 0 fully saturated rings. The first-order valence-electron chi connectivity index (χ1n) is 9.88. The van der Waals surface area contributed by atoms with Crippen LogP contribution in [-0.4, -0.2) is 16.5 Å². The monoisotopic (exact) mass is 439 g/mol. The maximum absolute atomic E-state index is 13.0. The highest BCUT2D eigenvalue weighted by Crippen LogP contribution is 2.29. The van der Waals surface area contributed by atoms with Gasteiger partial charge in [0.05, 0.1) is 34.3 Å². The Morgan fingerprint density at radius 1 is 1.09 bits per heavy atom. The second kappa shape index (κ2) is 8.17. The van der Waals surface area contributed by atoms with Crippen LogP contribution in [0.4, 0.5) is 0 Å². The number of para-hydroxylation sites is 2. The number of thiazole rings is 1. The molecule has 0 saturated heterocycles. The van der Waals surface area contributed by atoms with Crippen molar-refractivity contribution in [3.63, 3.8) is 0 Å². The van der Waals surface area contributed by atoms with Crippen LogP contribution in [0.1, 0.15) is 16.7 Å². The Bertz CT molecular complexity index is 1610. The first-order chi connectivity index (χ1) is 15.7. The van der Waals surface area contributed by atoms with Crippen LogP contribution in [0, 0.1) is 11.3 Å². The lowest BCUT2D eigenvalue weighted by Gasteiger charge is -2.12. The Kier molecular flexibility index (Phi) is 5.06. The second-order valence-corrected chi connectivity index (χ2v) is 8.11. The average molecular weight is 439 g/mol. The number of hydrogen-bond acceptors (Lipinski definition) is 6. The second-order valence-electron chi connectivity index (χ2n) is 7.10. The molecule has 0 atom stereocenters. The molecule has 0 unspecified atom stereocenters. The number of nitriles is 1. The first-order valence-corrected chi connectivity index (χ1v) is 10.7. The normalized spacial score (nSPS) is 11.7. The maximum Gasteiger partial charge on any atom is 0.274 e. The molecule has 156 valence electrons. The Morgan fingerprint density at radius 2 is 1.91 bits per heavy atom. The minimum absolute atomic E-state index is 0.0916. The van der Waals surface area contributed by atoms with E-state index in [9.17, 15) is 10.1 Å². The summed E-state index contributed by atoms with van der Waals surface area (Å²) in [6.45, 7) is 0.253. The molecular formula is C25H17N3O3S. The molecule has 5 rings (SSSR count). The van der Waals surface area contributed by atoms with Gasteiger partial charge in [-0.3, -0.25) is 4.79 Å². The van der Waals surface area contributed by atoms with E-state index in [1.54, 1.807) is 23.6 Å². The summed E-state index contributed by atoms with van der Waals surface area (Å²) in [5.74, 6) is 1.11. The van der Waals surface area contributed by atoms with Crippen molar-refractivity contribution >= 4 is 33.4 Å². The highest BCUT2D eigenvalue weighted by Gasteiger charge is 2.11. The number of aromatic nitrogens is 2. The van der Waals surface area contributed by atoms with Crippen molar-refractivity contribution in [2.45, 2.75) is 6.61 Å². The summed E-state index contributed by atoms with van der Waals surface area (Å²) in [6.07, 6.45) is 1.83. The summed E-state index contributed by atoms with van der Waals surface area (Å²) in [7, 11) is 1.57. The third kappa shape index (κ3) is 3.47. The van der Waals surface area contributed by atoms with Gasteiger partial charge >= 0.3 is 0 Å². The van der Waals surface area contributed by atoms with Crippen LogP contribution >= 0.6 is 11.3 Å². The fraction of sp³-hybridized carbons (Fsp3) is 0.0800. The molecule has 0 aliphatic rings. The van der Waals surface area contributed by atoms with E-state index in [1.807, 2.05) is 60.7 Å². The van der Waals surface area contributed by atoms with Gasteiger partial charge in [0.2, 0.25) is 0 Å². The molecule has 0 bridgehead atoms. The molecular weight excluding hydrogens is 422 g/mol. The van der Waals surface area contributed by atoms with Crippen molar-refractivity contribution < 1.29 is 9.47 Å². The lowest BCUT2D eigenvalue weighted by Crippen LogP contribution is -2.22. The van der Waals surface area contributed by atoms with Gasteiger partial charge in [-0.2, -0.15) is 5.26 Å². The van der Waals surface area contributed by atoms with Crippen molar-refractivity contribution in [1.29, 1.82) is 5.26 Å². The zero-order valence-corrected chi connectivity index (χ0v) is 17.9. The van der Waals surface area contributed by atoms with Gasteiger partial charge in [0, 0.05) is 5.56 Å². The van der Waals surface area contributed by atoms with E-state index in [4.69, 9.17) is 9.47 Å². The highest BCUT2D eigenvalue weighted by molar-refractivity contribution is 7.15. The van der Waals surface area contributed by atoms with Crippen LogP contribution in [0.15, 0.2) is 71.5 Å². The summed E-state index contributed by atoms with van der Waals surface area (Å²) in [4.78, 5) is 18.2. The summed E-state index contributed by atoms with van der Waals surface area (Å²) < 4.78 is 13.6.